The van der Waals surface area contributed by atoms with Gasteiger partial charge in [0.25, 0.3) is 0 Å². The summed E-state index contributed by atoms with van der Waals surface area (Å²) < 4.78 is 22.0. The van der Waals surface area contributed by atoms with Gasteiger partial charge in [-0.05, 0) is 87.5 Å². The first-order valence-electron chi connectivity index (χ1n) is 9.00. The van der Waals surface area contributed by atoms with Gasteiger partial charge in [0, 0.05) is 0 Å². The molecule has 0 spiro atoms. The zero-order chi connectivity index (χ0) is 21.5. The number of amides is 2. The predicted molar refractivity (Wildman–Crippen MR) is 110 cm³/mol. The Morgan fingerprint density at radius 2 is 1.54 bits per heavy atom. The van der Waals surface area contributed by atoms with E-state index in [0.717, 1.165) is 28.0 Å². The van der Waals surface area contributed by atoms with Gasteiger partial charge in [0.1, 0.15) is 22.7 Å². The molecule has 1 N–H and O–H groups in total. The maximum absolute atomic E-state index is 11.9. The molecule has 158 valence electrons. The molecule has 1 aromatic carbocycles. The lowest BCUT2D eigenvalue weighted by atomic mass is 9.98. The number of ether oxygens (including phenoxy) is 4. The standard InChI is InChI=1S/C20H30BrNO6/c1-19(2,3)27-17(23)22-18(24)28-20(4,5)10-8-9-13-11-16(26-7)14(21)12-15(13)25-6/h11-12H,8-10H2,1-7H3,(H,22,23,24). The molecule has 1 aromatic rings. The molecule has 0 aromatic heterocycles. The third-order valence-corrected chi connectivity index (χ3v) is 4.37. The zero-order valence-corrected chi connectivity index (χ0v) is 19.2. The normalized spacial score (nSPS) is 11.6. The minimum Gasteiger partial charge on any atom is -0.496 e. The summed E-state index contributed by atoms with van der Waals surface area (Å²) in [5.41, 5.74) is -0.444. The van der Waals surface area contributed by atoms with Crippen molar-refractivity contribution in [2.75, 3.05) is 14.2 Å². The van der Waals surface area contributed by atoms with Gasteiger partial charge in [0.05, 0.1) is 18.7 Å². The highest BCUT2D eigenvalue weighted by atomic mass is 79.9. The van der Waals surface area contributed by atoms with E-state index in [1.807, 2.05) is 12.1 Å². The highest BCUT2D eigenvalue weighted by molar-refractivity contribution is 9.10. The van der Waals surface area contributed by atoms with E-state index in [1.165, 1.54) is 0 Å². The number of methoxy groups -OCH3 is 2. The fourth-order valence-electron chi connectivity index (χ4n) is 2.54. The largest absolute Gasteiger partial charge is 0.496 e. The maximum atomic E-state index is 11.9. The first-order chi connectivity index (χ1) is 12.9. The first-order valence-corrected chi connectivity index (χ1v) is 9.79. The molecular formula is C20H30BrNO6. The number of hydrogen-bond donors (Lipinski definition) is 1. The average molecular weight is 460 g/mol. The molecule has 28 heavy (non-hydrogen) atoms. The number of imide groups is 1. The third-order valence-electron chi connectivity index (χ3n) is 3.75. The lowest BCUT2D eigenvalue weighted by Gasteiger charge is -2.26. The molecule has 0 unspecified atom stereocenters. The van der Waals surface area contributed by atoms with Crippen LogP contribution in [0.1, 0.15) is 53.0 Å². The summed E-state index contributed by atoms with van der Waals surface area (Å²) in [5, 5.41) is 2.08. The molecule has 0 atom stereocenters. The number of carbonyl (C=O) groups excluding carboxylic acids is 2. The topological polar surface area (TPSA) is 83.1 Å². The number of rotatable bonds is 7. The quantitative estimate of drug-likeness (QED) is 0.600. The molecule has 0 aliphatic carbocycles. The highest BCUT2D eigenvalue weighted by Crippen LogP contribution is 2.34. The lowest BCUT2D eigenvalue weighted by Crippen LogP contribution is -2.40. The van der Waals surface area contributed by atoms with Gasteiger partial charge in [-0.1, -0.05) is 0 Å². The van der Waals surface area contributed by atoms with E-state index >= 15 is 0 Å². The highest BCUT2D eigenvalue weighted by Gasteiger charge is 2.25. The predicted octanol–water partition coefficient (Wildman–Crippen LogP) is 5.23. The average Bonchev–Trinajstić information content (AvgIpc) is 2.52. The summed E-state index contributed by atoms with van der Waals surface area (Å²) in [5.74, 6) is 1.48. The van der Waals surface area contributed by atoms with Crippen LogP contribution in [-0.2, 0) is 15.9 Å². The molecule has 0 aliphatic heterocycles. The molecular weight excluding hydrogens is 430 g/mol. The zero-order valence-electron chi connectivity index (χ0n) is 17.6. The van der Waals surface area contributed by atoms with E-state index in [1.54, 1.807) is 48.8 Å². The van der Waals surface area contributed by atoms with E-state index in [9.17, 15) is 9.59 Å². The second kappa shape index (κ2) is 10.0. The van der Waals surface area contributed by atoms with E-state index in [2.05, 4.69) is 21.2 Å². The van der Waals surface area contributed by atoms with Crippen molar-refractivity contribution in [2.24, 2.45) is 0 Å². The van der Waals surface area contributed by atoms with E-state index in [0.29, 0.717) is 12.8 Å². The summed E-state index contributed by atoms with van der Waals surface area (Å²) in [6.07, 6.45) is 0.388. The summed E-state index contributed by atoms with van der Waals surface area (Å²) in [6, 6.07) is 3.79. The second-order valence-electron chi connectivity index (χ2n) is 7.93. The molecule has 0 bridgehead atoms. The molecule has 2 amide bonds. The van der Waals surface area contributed by atoms with Crippen LogP contribution < -0.4 is 14.8 Å². The Morgan fingerprint density at radius 1 is 0.964 bits per heavy atom. The van der Waals surface area contributed by atoms with Crippen molar-refractivity contribution in [3.8, 4) is 11.5 Å². The molecule has 0 heterocycles. The molecule has 0 saturated heterocycles. The van der Waals surface area contributed by atoms with E-state index in [-0.39, 0.29) is 0 Å². The van der Waals surface area contributed by atoms with Crippen LogP contribution in [0, 0.1) is 0 Å². The second-order valence-corrected chi connectivity index (χ2v) is 8.78. The molecule has 0 saturated carbocycles. The van der Waals surface area contributed by atoms with Crippen LogP contribution in [0.4, 0.5) is 9.59 Å². The van der Waals surface area contributed by atoms with Crippen molar-refractivity contribution in [3.05, 3.63) is 22.2 Å². The summed E-state index contributed by atoms with van der Waals surface area (Å²) in [7, 11) is 3.22. The van der Waals surface area contributed by atoms with Gasteiger partial charge in [0.15, 0.2) is 0 Å². The molecule has 1 rings (SSSR count). The van der Waals surface area contributed by atoms with Crippen LogP contribution >= 0.6 is 15.9 Å². The van der Waals surface area contributed by atoms with Crippen molar-refractivity contribution in [1.29, 1.82) is 0 Å². The van der Waals surface area contributed by atoms with Crippen molar-refractivity contribution in [1.82, 2.24) is 5.32 Å². The van der Waals surface area contributed by atoms with Gasteiger partial charge >= 0.3 is 12.2 Å². The molecule has 8 heteroatoms. The van der Waals surface area contributed by atoms with Crippen molar-refractivity contribution in [2.45, 2.75) is 65.1 Å². The van der Waals surface area contributed by atoms with Crippen molar-refractivity contribution in [3.63, 3.8) is 0 Å². The number of benzene rings is 1. The van der Waals surface area contributed by atoms with Crippen LogP contribution in [0.25, 0.3) is 0 Å². The van der Waals surface area contributed by atoms with Crippen molar-refractivity contribution >= 4 is 28.1 Å². The summed E-state index contributed by atoms with van der Waals surface area (Å²) in [4.78, 5) is 23.6. The van der Waals surface area contributed by atoms with E-state index in [4.69, 9.17) is 18.9 Å². The van der Waals surface area contributed by atoms with Gasteiger partial charge < -0.3 is 18.9 Å². The Hall–Kier alpha value is -1.96. The number of alkyl carbamates (subject to hydrolysis) is 2. The molecule has 0 fully saturated rings. The van der Waals surface area contributed by atoms with Crippen LogP contribution in [0.2, 0.25) is 0 Å². The summed E-state index contributed by atoms with van der Waals surface area (Å²) in [6.45, 7) is 8.73. The number of hydrogen-bond acceptors (Lipinski definition) is 6. The lowest BCUT2D eigenvalue weighted by molar-refractivity contribution is 0.0228. The SMILES string of the molecule is COc1cc(CCCC(C)(C)OC(=O)NC(=O)OC(C)(C)C)c(OC)cc1Br. The minimum atomic E-state index is -0.833. The molecule has 0 aliphatic rings. The summed E-state index contributed by atoms with van der Waals surface area (Å²) >= 11 is 3.44. The van der Waals surface area contributed by atoms with Crippen LogP contribution in [-0.4, -0.2) is 37.6 Å². The Labute approximate surface area is 175 Å². The monoisotopic (exact) mass is 459 g/mol. The Balaban J connectivity index is 2.60. The number of halogens is 1. The van der Waals surface area contributed by atoms with Gasteiger partial charge in [-0.2, -0.15) is 0 Å². The fraction of sp³-hybridized carbons (Fsp3) is 0.600. The molecule has 0 radical (unpaired) electrons. The van der Waals surface area contributed by atoms with Crippen LogP contribution in [0.15, 0.2) is 16.6 Å². The smallest absolute Gasteiger partial charge is 0.417 e. The number of aryl methyl sites for hydroxylation is 1. The molecule has 7 nitrogen and oxygen atoms in total. The number of carbonyl (C=O) groups is 2. The minimum absolute atomic E-state index is 0.594. The number of nitrogens with one attached hydrogen (secondary N) is 1. The fourth-order valence-corrected chi connectivity index (χ4v) is 3.02. The van der Waals surface area contributed by atoms with Gasteiger partial charge in [-0.15, -0.1) is 0 Å². The Morgan fingerprint density at radius 3 is 2.07 bits per heavy atom. The van der Waals surface area contributed by atoms with Gasteiger partial charge in [-0.25, -0.2) is 14.9 Å². The third kappa shape index (κ3) is 8.37. The van der Waals surface area contributed by atoms with Gasteiger partial charge in [-0.3, -0.25) is 0 Å². The van der Waals surface area contributed by atoms with E-state index < -0.39 is 23.4 Å². The van der Waals surface area contributed by atoms with Crippen molar-refractivity contribution < 1.29 is 28.5 Å². The van der Waals surface area contributed by atoms with Gasteiger partial charge in [0.2, 0.25) is 0 Å². The first kappa shape index (κ1) is 24.1. The van der Waals surface area contributed by atoms with Crippen LogP contribution in [0.5, 0.6) is 11.5 Å². The Kier molecular flexibility index (Phi) is 8.60. The van der Waals surface area contributed by atoms with Crippen LogP contribution in [0.3, 0.4) is 0 Å². The maximum Gasteiger partial charge on any atom is 0.417 e. The Bertz CT molecular complexity index is 697.